The van der Waals surface area contributed by atoms with Gasteiger partial charge in [0.25, 0.3) is 0 Å². The van der Waals surface area contributed by atoms with Crippen LogP contribution >= 0.6 is 0 Å². The number of aliphatic carboxylic acids is 1. The quantitative estimate of drug-likeness (QED) is 0.840. The maximum atomic E-state index is 10.8. The molecule has 0 radical (unpaired) electrons. The standard InChI is InChI=1S/C18H29N3O4/c1-12-13(2)20(3)16(19-12)10-21-8-7-18(24-4)6-5-14(9-15(18)21)25-11-17(22)23/h14-15H,5-11H2,1-4H3,(H,22,23)/t14-,15+,18-/m1/s1. The first-order valence-corrected chi connectivity index (χ1v) is 8.97. The van der Waals surface area contributed by atoms with E-state index >= 15 is 0 Å². The Morgan fingerprint density at radius 3 is 2.76 bits per heavy atom. The van der Waals surface area contributed by atoms with Crippen molar-refractivity contribution in [2.45, 2.75) is 63.8 Å². The fourth-order valence-electron chi connectivity index (χ4n) is 4.39. The lowest BCUT2D eigenvalue weighted by Crippen LogP contribution is -2.51. The van der Waals surface area contributed by atoms with Gasteiger partial charge in [0, 0.05) is 32.4 Å². The van der Waals surface area contributed by atoms with E-state index in [2.05, 4.69) is 23.4 Å². The van der Waals surface area contributed by atoms with Crippen LogP contribution in [0.5, 0.6) is 0 Å². The second-order valence-corrected chi connectivity index (χ2v) is 7.36. The Morgan fingerprint density at radius 1 is 1.40 bits per heavy atom. The summed E-state index contributed by atoms with van der Waals surface area (Å²) in [5, 5.41) is 8.86. The topological polar surface area (TPSA) is 76.8 Å². The summed E-state index contributed by atoms with van der Waals surface area (Å²) in [6, 6.07) is 0.238. The Labute approximate surface area is 148 Å². The monoisotopic (exact) mass is 351 g/mol. The molecule has 2 aliphatic rings. The molecule has 140 valence electrons. The number of carbonyl (C=O) groups is 1. The van der Waals surface area contributed by atoms with E-state index in [0.717, 1.165) is 50.3 Å². The molecule has 1 aromatic heterocycles. The van der Waals surface area contributed by atoms with E-state index in [-0.39, 0.29) is 24.4 Å². The van der Waals surface area contributed by atoms with Crippen LogP contribution in [0.25, 0.3) is 0 Å². The zero-order valence-electron chi connectivity index (χ0n) is 15.6. The molecule has 1 saturated carbocycles. The lowest BCUT2D eigenvalue weighted by molar-refractivity contribution is -0.148. The molecule has 0 amide bonds. The number of carboxylic acid groups (broad SMARTS) is 1. The third-order valence-electron chi connectivity index (χ3n) is 6.15. The highest BCUT2D eigenvalue weighted by molar-refractivity contribution is 5.68. The van der Waals surface area contributed by atoms with Gasteiger partial charge in [0.1, 0.15) is 12.4 Å². The van der Waals surface area contributed by atoms with Gasteiger partial charge >= 0.3 is 5.97 Å². The van der Waals surface area contributed by atoms with Gasteiger partial charge in [-0.25, -0.2) is 9.78 Å². The summed E-state index contributed by atoms with van der Waals surface area (Å²) in [5.74, 6) is 0.154. The van der Waals surface area contributed by atoms with Crippen molar-refractivity contribution in [1.29, 1.82) is 0 Å². The predicted octanol–water partition coefficient (Wildman–Crippen LogP) is 1.65. The van der Waals surface area contributed by atoms with Gasteiger partial charge < -0.3 is 19.1 Å². The molecule has 3 atom stereocenters. The summed E-state index contributed by atoms with van der Waals surface area (Å²) in [6.45, 7) is 5.65. The molecule has 7 nitrogen and oxygen atoms in total. The maximum Gasteiger partial charge on any atom is 0.329 e. The van der Waals surface area contributed by atoms with Gasteiger partial charge in [-0.05, 0) is 39.5 Å². The number of imidazole rings is 1. The Balaban J connectivity index is 1.74. The maximum absolute atomic E-state index is 10.8. The van der Waals surface area contributed by atoms with Crippen LogP contribution in [0.4, 0.5) is 0 Å². The van der Waals surface area contributed by atoms with E-state index in [4.69, 9.17) is 19.6 Å². The minimum Gasteiger partial charge on any atom is -0.480 e. The van der Waals surface area contributed by atoms with Crippen LogP contribution in [0.15, 0.2) is 0 Å². The van der Waals surface area contributed by atoms with E-state index < -0.39 is 5.97 Å². The number of ether oxygens (including phenoxy) is 2. The van der Waals surface area contributed by atoms with E-state index in [1.807, 2.05) is 6.92 Å². The Hall–Kier alpha value is -1.44. The summed E-state index contributed by atoms with van der Waals surface area (Å²) in [6.07, 6.45) is 3.56. The first kappa shape index (κ1) is 18.4. The number of likely N-dealkylation sites (tertiary alicyclic amines) is 1. The van der Waals surface area contributed by atoms with Crippen LogP contribution in [-0.2, 0) is 27.9 Å². The molecule has 1 N–H and O–H groups in total. The van der Waals surface area contributed by atoms with Crippen LogP contribution in [0.1, 0.15) is 42.9 Å². The SMILES string of the molecule is CO[C@@]12CC[C@@H](OCC(=O)O)C[C@@H]1N(Cc1nc(C)c(C)n1C)CC2. The number of methoxy groups -OCH3 is 1. The molecular weight excluding hydrogens is 322 g/mol. The minimum atomic E-state index is -0.911. The van der Waals surface area contributed by atoms with Gasteiger partial charge in [0.15, 0.2) is 0 Å². The largest absolute Gasteiger partial charge is 0.480 e. The highest BCUT2D eigenvalue weighted by atomic mass is 16.5. The number of carboxylic acids is 1. The first-order chi connectivity index (χ1) is 11.9. The van der Waals surface area contributed by atoms with Crippen molar-refractivity contribution < 1.29 is 19.4 Å². The fourth-order valence-corrected chi connectivity index (χ4v) is 4.39. The number of rotatable bonds is 6. The smallest absolute Gasteiger partial charge is 0.329 e. The summed E-state index contributed by atoms with van der Waals surface area (Å²) >= 11 is 0. The fraction of sp³-hybridized carbons (Fsp3) is 0.778. The molecular formula is C18H29N3O4. The molecule has 1 saturated heterocycles. The lowest BCUT2D eigenvalue weighted by Gasteiger charge is -2.43. The first-order valence-electron chi connectivity index (χ1n) is 8.97. The van der Waals surface area contributed by atoms with Gasteiger partial charge in [-0.15, -0.1) is 0 Å². The summed E-state index contributed by atoms with van der Waals surface area (Å²) in [4.78, 5) is 17.9. The van der Waals surface area contributed by atoms with Gasteiger partial charge in [-0.2, -0.15) is 0 Å². The molecule has 0 aromatic carbocycles. The van der Waals surface area contributed by atoms with Crippen LogP contribution in [0.2, 0.25) is 0 Å². The van der Waals surface area contributed by atoms with E-state index in [1.54, 1.807) is 7.11 Å². The number of aryl methyl sites for hydroxylation is 1. The van der Waals surface area contributed by atoms with Crippen molar-refractivity contribution in [3.8, 4) is 0 Å². The Bertz CT molecular complexity index is 645. The second-order valence-electron chi connectivity index (χ2n) is 7.36. The Kier molecular flexibility index (Phi) is 5.18. The van der Waals surface area contributed by atoms with E-state index in [0.29, 0.717) is 0 Å². The molecule has 0 bridgehead atoms. The molecule has 7 heteroatoms. The lowest BCUT2D eigenvalue weighted by atomic mass is 9.79. The molecule has 2 heterocycles. The zero-order chi connectivity index (χ0) is 18.2. The summed E-state index contributed by atoms with van der Waals surface area (Å²) in [5.41, 5.74) is 2.12. The third kappa shape index (κ3) is 3.45. The van der Waals surface area contributed by atoms with Crippen LogP contribution in [0, 0.1) is 13.8 Å². The number of nitrogens with zero attached hydrogens (tertiary/aromatic N) is 3. The highest BCUT2D eigenvalue weighted by Crippen LogP contribution is 2.43. The number of fused-ring (bicyclic) bond motifs is 1. The van der Waals surface area contributed by atoms with Crippen LogP contribution in [-0.4, -0.2) is 63.5 Å². The molecule has 0 spiro atoms. The van der Waals surface area contributed by atoms with Gasteiger partial charge in [0.05, 0.1) is 23.9 Å². The van der Waals surface area contributed by atoms with Crippen molar-refractivity contribution in [3.63, 3.8) is 0 Å². The minimum absolute atomic E-state index is 0.0187. The van der Waals surface area contributed by atoms with Gasteiger partial charge in [-0.1, -0.05) is 0 Å². The van der Waals surface area contributed by atoms with Gasteiger partial charge in [-0.3, -0.25) is 4.90 Å². The van der Waals surface area contributed by atoms with Crippen molar-refractivity contribution in [2.75, 3.05) is 20.3 Å². The normalized spacial score (nSPS) is 29.8. The third-order valence-corrected chi connectivity index (χ3v) is 6.15. The van der Waals surface area contributed by atoms with Crippen LogP contribution in [0.3, 0.4) is 0 Å². The molecule has 1 aliphatic carbocycles. The van der Waals surface area contributed by atoms with Crippen molar-refractivity contribution >= 4 is 5.97 Å². The van der Waals surface area contributed by atoms with E-state index in [9.17, 15) is 4.79 Å². The number of hydrogen-bond acceptors (Lipinski definition) is 5. The highest BCUT2D eigenvalue weighted by Gasteiger charge is 2.51. The molecule has 2 fully saturated rings. The molecule has 1 aromatic rings. The van der Waals surface area contributed by atoms with Gasteiger partial charge in [0.2, 0.25) is 0 Å². The van der Waals surface area contributed by atoms with E-state index in [1.165, 1.54) is 5.69 Å². The Morgan fingerprint density at radius 2 is 2.16 bits per heavy atom. The molecule has 3 rings (SSSR count). The zero-order valence-corrected chi connectivity index (χ0v) is 15.6. The molecule has 25 heavy (non-hydrogen) atoms. The van der Waals surface area contributed by atoms with Crippen molar-refractivity contribution in [1.82, 2.24) is 14.5 Å². The number of hydrogen-bond donors (Lipinski definition) is 1. The number of aromatic nitrogens is 2. The average molecular weight is 351 g/mol. The summed E-state index contributed by atoms with van der Waals surface area (Å²) < 4.78 is 13.7. The molecule has 0 unspecified atom stereocenters. The molecule has 1 aliphatic heterocycles. The second kappa shape index (κ2) is 7.05. The predicted molar refractivity (Wildman–Crippen MR) is 92.5 cm³/mol. The average Bonchev–Trinajstić information content (AvgIpc) is 3.07. The summed E-state index contributed by atoms with van der Waals surface area (Å²) in [7, 11) is 3.86. The van der Waals surface area contributed by atoms with Crippen molar-refractivity contribution in [2.24, 2.45) is 7.05 Å². The van der Waals surface area contributed by atoms with Crippen molar-refractivity contribution in [3.05, 3.63) is 17.2 Å². The van der Waals surface area contributed by atoms with Crippen LogP contribution < -0.4 is 0 Å².